The zero-order valence-corrected chi connectivity index (χ0v) is 17.8. The van der Waals surface area contributed by atoms with E-state index in [-0.39, 0.29) is 12.2 Å². The van der Waals surface area contributed by atoms with Crippen LogP contribution in [0.2, 0.25) is 0 Å². The van der Waals surface area contributed by atoms with E-state index < -0.39 is 0 Å². The number of fused-ring (bicyclic) bond motifs is 2. The summed E-state index contributed by atoms with van der Waals surface area (Å²) in [5, 5.41) is 0. The summed E-state index contributed by atoms with van der Waals surface area (Å²) in [5.74, 6) is 1.88. The molecule has 2 aliphatic rings. The van der Waals surface area contributed by atoms with Crippen molar-refractivity contribution in [2.24, 2.45) is 0 Å². The Morgan fingerprint density at radius 1 is 0.967 bits per heavy atom. The first kappa shape index (κ1) is 19.3. The molecule has 1 saturated heterocycles. The average Bonchev–Trinajstić information content (AvgIpc) is 3.16. The Kier molecular flexibility index (Phi) is 5.32. The number of ether oxygens (including phenoxy) is 2. The van der Waals surface area contributed by atoms with Gasteiger partial charge in [0, 0.05) is 31.4 Å². The lowest BCUT2D eigenvalue weighted by Crippen LogP contribution is -2.35. The van der Waals surface area contributed by atoms with Crippen molar-refractivity contribution >= 4 is 0 Å². The van der Waals surface area contributed by atoms with Crippen LogP contribution in [0.3, 0.4) is 0 Å². The first-order valence-corrected chi connectivity index (χ1v) is 10.8. The van der Waals surface area contributed by atoms with Crippen molar-refractivity contribution in [1.82, 2.24) is 14.5 Å². The third kappa shape index (κ3) is 3.75. The van der Waals surface area contributed by atoms with Crippen LogP contribution in [0, 0.1) is 0 Å². The molecule has 3 aromatic rings. The highest BCUT2D eigenvalue weighted by Crippen LogP contribution is 2.36. The first-order valence-electron chi connectivity index (χ1n) is 10.8. The summed E-state index contributed by atoms with van der Waals surface area (Å²) in [5.41, 5.74) is 4.72. The number of aromatic nitrogens is 2. The highest BCUT2D eigenvalue weighted by molar-refractivity contribution is 5.60. The maximum absolute atomic E-state index is 6.77. The predicted molar refractivity (Wildman–Crippen MR) is 118 cm³/mol. The molecule has 3 heterocycles. The van der Waals surface area contributed by atoms with Gasteiger partial charge in [-0.25, -0.2) is 4.98 Å². The number of methoxy groups -OCH3 is 1. The minimum Gasteiger partial charge on any atom is -0.497 e. The monoisotopic (exact) mass is 403 g/mol. The summed E-state index contributed by atoms with van der Waals surface area (Å²) in [6, 6.07) is 16.8. The molecule has 1 unspecified atom stereocenters. The smallest absolute Gasteiger partial charge is 0.143 e. The Morgan fingerprint density at radius 2 is 1.73 bits per heavy atom. The third-order valence-corrected chi connectivity index (χ3v) is 6.38. The van der Waals surface area contributed by atoms with Crippen LogP contribution >= 0.6 is 0 Å². The van der Waals surface area contributed by atoms with Gasteiger partial charge < -0.3 is 18.9 Å². The molecular formula is C25H29N3O2. The van der Waals surface area contributed by atoms with Crippen molar-refractivity contribution in [2.45, 2.75) is 38.0 Å². The van der Waals surface area contributed by atoms with Crippen molar-refractivity contribution in [3.05, 3.63) is 71.7 Å². The Hall–Kier alpha value is -2.63. The molecule has 1 aromatic heterocycles. The second-order valence-electron chi connectivity index (χ2n) is 8.37. The van der Waals surface area contributed by atoms with E-state index in [4.69, 9.17) is 14.5 Å². The second kappa shape index (κ2) is 8.25. The van der Waals surface area contributed by atoms with Crippen molar-refractivity contribution in [1.29, 1.82) is 0 Å². The van der Waals surface area contributed by atoms with Crippen LogP contribution in [-0.2, 0) is 17.7 Å². The lowest BCUT2D eigenvalue weighted by atomic mass is 10.00. The van der Waals surface area contributed by atoms with Crippen molar-refractivity contribution < 1.29 is 9.47 Å². The van der Waals surface area contributed by atoms with E-state index in [1.807, 2.05) is 12.1 Å². The van der Waals surface area contributed by atoms with Crippen LogP contribution in [-0.4, -0.2) is 47.8 Å². The highest BCUT2D eigenvalue weighted by atomic mass is 16.5. The molecule has 1 atom stereocenters. The van der Waals surface area contributed by atoms with Gasteiger partial charge in [-0.2, -0.15) is 0 Å². The molecular weight excluding hydrogens is 374 g/mol. The number of rotatable bonds is 4. The van der Waals surface area contributed by atoms with Gasteiger partial charge in [0.05, 0.1) is 18.9 Å². The standard InChI is InChI=1S/C25H29N3O2/c1-27-14-12-21(13-15-27)30-24-22-6-4-3-5-18(22)11-16-28-17-23(26-25(24)28)19-7-9-20(29-2)10-8-19/h3-10,17,21,24H,11-16H2,1-2H3. The molecule has 0 saturated carbocycles. The SMILES string of the molecule is COc1ccc(-c2cn3c(n2)C(OC2CCN(C)CC2)c2ccccc2CC3)cc1. The minimum absolute atomic E-state index is 0.121. The summed E-state index contributed by atoms with van der Waals surface area (Å²) in [4.78, 5) is 7.46. The highest BCUT2D eigenvalue weighted by Gasteiger charge is 2.30. The number of imidazole rings is 1. The average molecular weight is 404 g/mol. The lowest BCUT2D eigenvalue weighted by Gasteiger charge is -2.32. The number of piperidine rings is 1. The number of aryl methyl sites for hydroxylation is 2. The van der Waals surface area contributed by atoms with Gasteiger partial charge in [-0.3, -0.25) is 0 Å². The quantitative estimate of drug-likeness (QED) is 0.651. The molecule has 156 valence electrons. The molecule has 2 aliphatic heterocycles. The molecule has 0 spiro atoms. The van der Waals surface area contributed by atoms with Gasteiger partial charge in [-0.1, -0.05) is 24.3 Å². The largest absolute Gasteiger partial charge is 0.497 e. The molecule has 0 radical (unpaired) electrons. The van der Waals surface area contributed by atoms with Crippen LogP contribution in [0.25, 0.3) is 11.3 Å². The van der Waals surface area contributed by atoms with Crippen LogP contribution in [0.5, 0.6) is 5.75 Å². The van der Waals surface area contributed by atoms with Gasteiger partial charge in [0.2, 0.25) is 0 Å². The molecule has 0 N–H and O–H groups in total. The van der Waals surface area contributed by atoms with E-state index in [9.17, 15) is 0 Å². The summed E-state index contributed by atoms with van der Waals surface area (Å²) >= 11 is 0. The fraction of sp³-hybridized carbons (Fsp3) is 0.400. The summed E-state index contributed by atoms with van der Waals surface area (Å²) < 4.78 is 14.4. The van der Waals surface area contributed by atoms with Gasteiger partial charge in [-0.15, -0.1) is 0 Å². The number of nitrogens with zero attached hydrogens (tertiary/aromatic N) is 3. The van der Waals surface area contributed by atoms with Crippen molar-refractivity contribution in [3.63, 3.8) is 0 Å². The van der Waals surface area contributed by atoms with Crippen LogP contribution in [0.15, 0.2) is 54.7 Å². The minimum atomic E-state index is -0.121. The predicted octanol–water partition coefficient (Wildman–Crippen LogP) is 4.32. The molecule has 1 fully saturated rings. The molecule has 2 aromatic carbocycles. The Labute approximate surface area is 178 Å². The summed E-state index contributed by atoms with van der Waals surface area (Å²) in [6.45, 7) is 3.10. The number of hydrogen-bond acceptors (Lipinski definition) is 4. The van der Waals surface area contributed by atoms with E-state index in [2.05, 4.69) is 59.1 Å². The van der Waals surface area contributed by atoms with Crippen LogP contribution in [0.1, 0.15) is 35.9 Å². The van der Waals surface area contributed by atoms with Crippen molar-refractivity contribution in [3.8, 4) is 17.0 Å². The first-order chi connectivity index (χ1) is 14.7. The number of hydrogen-bond donors (Lipinski definition) is 0. The third-order valence-electron chi connectivity index (χ3n) is 6.38. The van der Waals surface area contributed by atoms with Gasteiger partial charge in [0.15, 0.2) is 0 Å². The topological polar surface area (TPSA) is 39.5 Å². The summed E-state index contributed by atoms with van der Waals surface area (Å²) in [6.07, 6.45) is 5.46. The molecule has 5 rings (SSSR count). The Morgan fingerprint density at radius 3 is 2.50 bits per heavy atom. The van der Waals surface area contributed by atoms with E-state index in [1.165, 1.54) is 11.1 Å². The van der Waals surface area contributed by atoms with E-state index in [1.54, 1.807) is 7.11 Å². The molecule has 0 aliphatic carbocycles. The van der Waals surface area contributed by atoms with E-state index in [0.29, 0.717) is 0 Å². The fourth-order valence-corrected chi connectivity index (χ4v) is 4.56. The molecule has 0 amide bonds. The fourth-order valence-electron chi connectivity index (χ4n) is 4.56. The van der Waals surface area contributed by atoms with Crippen LogP contribution in [0.4, 0.5) is 0 Å². The van der Waals surface area contributed by atoms with Gasteiger partial charge in [0.1, 0.15) is 17.7 Å². The normalized spacial score (nSPS) is 19.7. The second-order valence-corrected chi connectivity index (χ2v) is 8.37. The molecule has 5 nitrogen and oxygen atoms in total. The maximum Gasteiger partial charge on any atom is 0.143 e. The van der Waals surface area contributed by atoms with Crippen molar-refractivity contribution in [2.75, 3.05) is 27.2 Å². The lowest BCUT2D eigenvalue weighted by molar-refractivity contribution is -0.0275. The van der Waals surface area contributed by atoms with Gasteiger partial charge in [-0.05, 0) is 61.7 Å². The number of likely N-dealkylation sites (tertiary alicyclic amines) is 1. The van der Waals surface area contributed by atoms with Gasteiger partial charge >= 0.3 is 0 Å². The molecule has 0 bridgehead atoms. The molecule has 30 heavy (non-hydrogen) atoms. The Bertz CT molecular complexity index is 1000. The van der Waals surface area contributed by atoms with Gasteiger partial charge in [0.25, 0.3) is 0 Å². The number of benzene rings is 2. The summed E-state index contributed by atoms with van der Waals surface area (Å²) in [7, 11) is 3.88. The zero-order valence-electron chi connectivity index (χ0n) is 17.8. The zero-order chi connectivity index (χ0) is 20.5. The van der Waals surface area contributed by atoms with Crippen LogP contribution < -0.4 is 4.74 Å². The van der Waals surface area contributed by atoms with E-state index >= 15 is 0 Å². The Balaban J connectivity index is 1.51. The van der Waals surface area contributed by atoms with E-state index in [0.717, 1.165) is 61.7 Å². The maximum atomic E-state index is 6.77. The molecule has 5 heteroatoms.